The number of nitrogens with two attached hydrogens (primary N) is 1. The molecule has 1 aromatic carbocycles. The van der Waals surface area contributed by atoms with E-state index in [9.17, 15) is 4.39 Å². The number of hydrogen-bond donors (Lipinski definition) is 1. The molecule has 0 aliphatic heterocycles. The molecular formula is C12H14FN3. The van der Waals surface area contributed by atoms with E-state index in [2.05, 4.69) is 4.98 Å². The summed E-state index contributed by atoms with van der Waals surface area (Å²) < 4.78 is 14.8. The Hall–Kier alpha value is -1.68. The first kappa shape index (κ1) is 10.8. The first-order valence-corrected chi connectivity index (χ1v) is 5.20. The minimum Gasteiger partial charge on any atom is -0.333 e. The van der Waals surface area contributed by atoms with Crippen LogP contribution >= 0.6 is 0 Å². The van der Waals surface area contributed by atoms with E-state index >= 15 is 0 Å². The standard InChI is InChI=1S/C12H14FN3/c1-9-15-12(8-16(9)7-6-14)10-2-4-11(13)5-3-10/h2-5,8H,6-7,14H2,1H3. The van der Waals surface area contributed by atoms with Crippen LogP contribution in [0, 0.1) is 12.7 Å². The van der Waals surface area contributed by atoms with E-state index in [-0.39, 0.29) is 5.82 Å². The maximum absolute atomic E-state index is 12.8. The molecule has 0 aliphatic rings. The lowest BCUT2D eigenvalue weighted by molar-refractivity contribution is 0.628. The molecule has 3 nitrogen and oxygen atoms in total. The molecule has 16 heavy (non-hydrogen) atoms. The van der Waals surface area contributed by atoms with Crippen molar-refractivity contribution in [3.05, 3.63) is 42.1 Å². The van der Waals surface area contributed by atoms with E-state index in [1.165, 1.54) is 12.1 Å². The lowest BCUT2D eigenvalue weighted by Gasteiger charge is -1.99. The summed E-state index contributed by atoms with van der Waals surface area (Å²) in [7, 11) is 0. The number of benzene rings is 1. The number of hydrogen-bond acceptors (Lipinski definition) is 2. The molecule has 0 spiro atoms. The highest BCUT2D eigenvalue weighted by atomic mass is 19.1. The van der Waals surface area contributed by atoms with Crippen LogP contribution in [0.2, 0.25) is 0 Å². The molecule has 0 amide bonds. The fourth-order valence-electron chi connectivity index (χ4n) is 1.63. The molecule has 1 heterocycles. The first-order chi connectivity index (χ1) is 7.70. The second kappa shape index (κ2) is 4.45. The molecule has 0 atom stereocenters. The highest BCUT2D eigenvalue weighted by molar-refractivity contribution is 5.58. The Morgan fingerprint density at radius 1 is 1.31 bits per heavy atom. The third-order valence-corrected chi connectivity index (χ3v) is 2.49. The summed E-state index contributed by atoms with van der Waals surface area (Å²) >= 11 is 0. The van der Waals surface area contributed by atoms with Gasteiger partial charge < -0.3 is 10.3 Å². The highest BCUT2D eigenvalue weighted by Crippen LogP contribution is 2.18. The Kier molecular flexibility index (Phi) is 3.01. The smallest absolute Gasteiger partial charge is 0.123 e. The van der Waals surface area contributed by atoms with Crippen LogP contribution in [0.3, 0.4) is 0 Å². The van der Waals surface area contributed by atoms with Crippen molar-refractivity contribution < 1.29 is 4.39 Å². The molecular weight excluding hydrogens is 205 g/mol. The quantitative estimate of drug-likeness (QED) is 0.857. The predicted molar refractivity (Wildman–Crippen MR) is 61.4 cm³/mol. The Morgan fingerprint density at radius 2 is 2.00 bits per heavy atom. The van der Waals surface area contributed by atoms with Gasteiger partial charge in [-0.2, -0.15) is 0 Å². The summed E-state index contributed by atoms with van der Waals surface area (Å²) in [5, 5.41) is 0. The van der Waals surface area contributed by atoms with Gasteiger partial charge in [-0.15, -0.1) is 0 Å². The summed E-state index contributed by atoms with van der Waals surface area (Å²) in [6.07, 6.45) is 1.94. The second-order valence-electron chi connectivity index (χ2n) is 3.66. The largest absolute Gasteiger partial charge is 0.333 e. The van der Waals surface area contributed by atoms with E-state index in [1.807, 2.05) is 17.7 Å². The minimum absolute atomic E-state index is 0.234. The first-order valence-electron chi connectivity index (χ1n) is 5.20. The van der Waals surface area contributed by atoms with Gasteiger partial charge in [0.25, 0.3) is 0 Å². The van der Waals surface area contributed by atoms with Crippen molar-refractivity contribution in [3.63, 3.8) is 0 Å². The van der Waals surface area contributed by atoms with Gasteiger partial charge in [0.1, 0.15) is 11.6 Å². The molecule has 0 bridgehead atoms. The van der Waals surface area contributed by atoms with Crippen LogP contribution in [0.15, 0.2) is 30.5 Å². The molecule has 0 saturated carbocycles. The molecule has 2 aromatic rings. The zero-order valence-corrected chi connectivity index (χ0v) is 9.15. The van der Waals surface area contributed by atoms with E-state index in [0.717, 1.165) is 23.6 Å². The number of aryl methyl sites for hydroxylation is 1. The van der Waals surface area contributed by atoms with Gasteiger partial charge in [-0.05, 0) is 31.2 Å². The van der Waals surface area contributed by atoms with E-state index in [4.69, 9.17) is 5.73 Å². The maximum Gasteiger partial charge on any atom is 0.123 e. The molecule has 1 aromatic heterocycles. The van der Waals surface area contributed by atoms with Crippen LogP contribution in [0.5, 0.6) is 0 Å². The average molecular weight is 219 g/mol. The summed E-state index contributed by atoms with van der Waals surface area (Å²) in [6.45, 7) is 3.27. The SMILES string of the molecule is Cc1nc(-c2ccc(F)cc2)cn1CCN. The van der Waals surface area contributed by atoms with Gasteiger partial charge >= 0.3 is 0 Å². The normalized spacial score (nSPS) is 10.7. The maximum atomic E-state index is 12.8. The molecule has 0 unspecified atom stereocenters. The van der Waals surface area contributed by atoms with Crippen molar-refractivity contribution in [2.24, 2.45) is 5.73 Å². The van der Waals surface area contributed by atoms with Gasteiger partial charge in [0, 0.05) is 24.8 Å². The Morgan fingerprint density at radius 3 is 2.62 bits per heavy atom. The summed E-state index contributed by atoms with van der Waals surface area (Å²) in [5.41, 5.74) is 7.27. The summed E-state index contributed by atoms with van der Waals surface area (Å²) in [4.78, 5) is 4.41. The van der Waals surface area contributed by atoms with Crippen molar-refractivity contribution in [1.29, 1.82) is 0 Å². The monoisotopic (exact) mass is 219 g/mol. The van der Waals surface area contributed by atoms with Gasteiger partial charge in [0.2, 0.25) is 0 Å². The lowest BCUT2D eigenvalue weighted by atomic mass is 10.2. The average Bonchev–Trinajstić information content (AvgIpc) is 2.62. The fraction of sp³-hybridized carbons (Fsp3) is 0.250. The van der Waals surface area contributed by atoms with Crippen molar-refractivity contribution >= 4 is 0 Å². The van der Waals surface area contributed by atoms with Crippen LogP contribution < -0.4 is 5.73 Å². The van der Waals surface area contributed by atoms with Gasteiger partial charge in [0.15, 0.2) is 0 Å². The number of halogens is 1. The van der Waals surface area contributed by atoms with Crippen molar-refractivity contribution in [1.82, 2.24) is 9.55 Å². The summed E-state index contributed by atoms with van der Waals surface area (Å²) in [5.74, 6) is 0.687. The molecule has 84 valence electrons. The number of aromatic nitrogens is 2. The van der Waals surface area contributed by atoms with Crippen molar-refractivity contribution in [3.8, 4) is 11.3 Å². The number of rotatable bonds is 3. The zero-order valence-electron chi connectivity index (χ0n) is 9.15. The Balaban J connectivity index is 2.33. The van der Waals surface area contributed by atoms with Crippen LogP contribution in [0.1, 0.15) is 5.82 Å². The highest BCUT2D eigenvalue weighted by Gasteiger charge is 2.05. The molecule has 0 saturated heterocycles. The second-order valence-corrected chi connectivity index (χ2v) is 3.66. The van der Waals surface area contributed by atoms with E-state index in [1.54, 1.807) is 12.1 Å². The molecule has 0 fully saturated rings. The van der Waals surface area contributed by atoms with Gasteiger partial charge in [-0.1, -0.05) is 0 Å². The number of nitrogens with zero attached hydrogens (tertiary/aromatic N) is 2. The van der Waals surface area contributed by atoms with Crippen LogP contribution in [0.4, 0.5) is 4.39 Å². The predicted octanol–water partition coefficient (Wildman–Crippen LogP) is 1.96. The van der Waals surface area contributed by atoms with Crippen LogP contribution in [0.25, 0.3) is 11.3 Å². The Bertz CT molecular complexity index is 474. The topological polar surface area (TPSA) is 43.8 Å². The molecule has 0 radical (unpaired) electrons. The third kappa shape index (κ3) is 2.12. The molecule has 4 heteroatoms. The molecule has 2 rings (SSSR count). The Labute approximate surface area is 93.7 Å². The number of imidazole rings is 1. The van der Waals surface area contributed by atoms with E-state index < -0.39 is 0 Å². The fourth-order valence-corrected chi connectivity index (χ4v) is 1.63. The molecule has 2 N–H and O–H groups in total. The van der Waals surface area contributed by atoms with Gasteiger partial charge in [-0.25, -0.2) is 9.37 Å². The van der Waals surface area contributed by atoms with Gasteiger partial charge in [0.05, 0.1) is 5.69 Å². The van der Waals surface area contributed by atoms with E-state index in [0.29, 0.717) is 6.54 Å². The lowest BCUT2D eigenvalue weighted by Crippen LogP contribution is -2.10. The van der Waals surface area contributed by atoms with Crippen LogP contribution in [-0.2, 0) is 6.54 Å². The van der Waals surface area contributed by atoms with Crippen LogP contribution in [-0.4, -0.2) is 16.1 Å². The van der Waals surface area contributed by atoms with Gasteiger partial charge in [-0.3, -0.25) is 0 Å². The third-order valence-electron chi connectivity index (χ3n) is 2.49. The summed E-state index contributed by atoms with van der Waals surface area (Å²) in [6, 6.07) is 6.33. The van der Waals surface area contributed by atoms with Crippen molar-refractivity contribution in [2.45, 2.75) is 13.5 Å². The van der Waals surface area contributed by atoms with Crippen molar-refractivity contribution in [2.75, 3.05) is 6.54 Å². The minimum atomic E-state index is -0.234. The molecule has 0 aliphatic carbocycles. The zero-order chi connectivity index (χ0) is 11.5.